The van der Waals surface area contributed by atoms with Gasteiger partial charge >= 0.3 is 0 Å². The molecule has 0 fully saturated rings. The van der Waals surface area contributed by atoms with Crippen LogP contribution in [0.5, 0.6) is 0 Å². The van der Waals surface area contributed by atoms with Crippen molar-refractivity contribution in [3.05, 3.63) is 70.8 Å². The normalized spacial score (nSPS) is 18.2. The first-order chi connectivity index (χ1) is 9.78. The molecule has 1 N–H and O–H groups in total. The van der Waals surface area contributed by atoms with E-state index in [1.807, 2.05) is 0 Å². The third-order valence-electron chi connectivity index (χ3n) is 4.67. The number of hydrogen-bond acceptors (Lipinski definition) is 1. The molecule has 2 aromatic carbocycles. The fourth-order valence-electron chi connectivity index (χ4n) is 3.32. The van der Waals surface area contributed by atoms with Crippen LogP contribution in [0.25, 0.3) is 0 Å². The number of hydrogen-bond donors (Lipinski definition) is 1. The molecule has 1 heteroatoms. The number of likely N-dealkylation sites (N-methyl/N-ethyl adjacent to an activating group) is 1. The molecule has 0 radical (unpaired) electrons. The lowest BCUT2D eigenvalue weighted by molar-refractivity contribution is 0.437. The van der Waals surface area contributed by atoms with Crippen LogP contribution in [0.2, 0.25) is 0 Å². The summed E-state index contributed by atoms with van der Waals surface area (Å²) in [4.78, 5) is 0. The Labute approximate surface area is 122 Å². The van der Waals surface area contributed by atoms with Gasteiger partial charge in [0.15, 0.2) is 0 Å². The molecule has 0 saturated carbocycles. The van der Waals surface area contributed by atoms with Crippen LogP contribution in [0.15, 0.2) is 48.5 Å². The van der Waals surface area contributed by atoms with E-state index in [4.69, 9.17) is 0 Å². The van der Waals surface area contributed by atoms with E-state index in [0.717, 1.165) is 12.3 Å². The summed E-state index contributed by atoms with van der Waals surface area (Å²) in [5, 5.41) is 3.51. The summed E-state index contributed by atoms with van der Waals surface area (Å²) in [6.07, 6.45) is 3.62. The molecule has 0 bridgehead atoms. The van der Waals surface area contributed by atoms with Gasteiger partial charge < -0.3 is 5.32 Å². The predicted octanol–water partition coefficient (Wildman–Crippen LogP) is 3.86. The Morgan fingerprint density at radius 2 is 1.85 bits per heavy atom. The molecule has 20 heavy (non-hydrogen) atoms. The van der Waals surface area contributed by atoms with Gasteiger partial charge in [0.2, 0.25) is 0 Å². The van der Waals surface area contributed by atoms with E-state index in [9.17, 15) is 0 Å². The SMILES string of the molecule is CNC(Cc1ccccc1C)CC1Cc2ccccc21. The molecule has 0 aliphatic heterocycles. The average molecular weight is 265 g/mol. The Bertz CT molecular complexity index is 588. The van der Waals surface area contributed by atoms with E-state index >= 15 is 0 Å². The maximum Gasteiger partial charge on any atom is 0.0110 e. The molecule has 0 heterocycles. The maximum atomic E-state index is 3.51. The average Bonchev–Trinajstić information content (AvgIpc) is 2.45. The summed E-state index contributed by atoms with van der Waals surface area (Å²) in [7, 11) is 2.09. The molecule has 3 rings (SSSR count). The lowest BCUT2D eigenvalue weighted by atomic mass is 9.74. The molecule has 1 aliphatic rings. The Balaban J connectivity index is 1.66. The quantitative estimate of drug-likeness (QED) is 0.865. The zero-order valence-corrected chi connectivity index (χ0v) is 12.4. The lowest BCUT2D eigenvalue weighted by Gasteiger charge is -2.33. The van der Waals surface area contributed by atoms with Gasteiger partial charge in [0, 0.05) is 6.04 Å². The number of nitrogens with one attached hydrogen (secondary N) is 1. The van der Waals surface area contributed by atoms with Crippen molar-refractivity contribution in [3.63, 3.8) is 0 Å². The first-order valence-electron chi connectivity index (χ1n) is 7.57. The van der Waals surface area contributed by atoms with Gasteiger partial charge in [-0.15, -0.1) is 0 Å². The summed E-state index contributed by atoms with van der Waals surface area (Å²) >= 11 is 0. The van der Waals surface area contributed by atoms with Crippen LogP contribution in [0.4, 0.5) is 0 Å². The Hall–Kier alpha value is -1.60. The highest BCUT2D eigenvalue weighted by Gasteiger charge is 2.27. The first kappa shape index (κ1) is 13.4. The lowest BCUT2D eigenvalue weighted by Crippen LogP contribution is -2.32. The Morgan fingerprint density at radius 3 is 2.60 bits per heavy atom. The van der Waals surface area contributed by atoms with Crippen LogP contribution < -0.4 is 5.32 Å². The molecule has 1 aliphatic carbocycles. The summed E-state index contributed by atoms with van der Waals surface area (Å²) in [5.41, 5.74) is 5.99. The summed E-state index contributed by atoms with van der Waals surface area (Å²) in [6.45, 7) is 2.21. The fraction of sp³-hybridized carbons (Fsp3) is 0.368. The van der Waals surface area contributed by atoms with Gasteiger partial charge in [0.1, 0.15) is 0 Å². The molecule has 2 aromatic rings. The highest BCUT2D eigenvalue weighted by atomic mass is 14.9. The second-order valence-electron chi connectivity index (χ2n) is 5.95. The highest BCUT2D eigenvalue weighted by molar-refractivity contribution is 5.40. The zero-order chi connectivity index (χ0) is 13.9. The Morgan fingerprint density at radius 1 is 1.10 bits per heavy atom. The monoisotopic (exact) mass is 265 g/mol. The van der Waals surface area contributed by atoms with Crippen LogP contribution in [0.3, 0.4) is 0 Å². The second-order valence-corrected chi connectivity index (χ2v) is 5.95. The molecular formula is C19H23N. The van der Waals surface area contributed by atoms with Crippen LogP contribution in [0.1, 0.15) is 34.6 Å². The summed E-state index contributed by atoms with van der Waals surface area (Å²) in [5.74, 6) is 0.743. The minimum Gasteiger partial charge on any atom is -0.317 e. The topological polar surface area (TPSA) is 12.0 Å². The van der Waals surface area contributed by atoms with E-state index < -0.39 is 0 Å². The van der Waals surface area contributed by atoms with Crippen molar-refractivity contribution in [2.24, 2.45) is 0 Å². The molecule has 0 aromatic heterocycles. The third kappa shape index (κ3) is 2.64. The van der Waals surface area contributed by atoms with Crippen molar-refractivity contribution in [2.45, 2.75) is 38.1 Å². The minimum atomic E-state index is 0.564. The predicted molar refractivity (Wildman–Crippen MR) is 85.2 cm³/mol. The van der Waals surface area contributed by atoms with Crippen LogP contribution in [0, 0.1) is 6.92 Å². The fourth-order valence-corrected chi connectivity index (χ4v) is 3.32. The van der Waals surface area contributed by atoms with Crippen LogP contribution >= 0.6 is 0 Å². The summed E-state index contributed by atoms with van der Waals surface area (Å²) < 4.78 is 0. The van der Waals surface area contributed by atoms with E-state index in [1.54, 1.807) is 11.1 Å². The summed E-state index contributed by atoms with van der Waals surface area (Å²) in [6, 6.07) is 18.2. The van der Waals surface area contributed by atoms with Gasteiger partial charge in [-0.1, -0.05) is 48.5 Å². The number of rotatable bonds is 5. The Kier molecular flexibility index (Phi) is 3.88. The highest BCUT2D eigenvalue weighted by Crippen LogP contribution is 2.38. The van der Waals surface area contributed by atoms with Gasteiger partial charge in [0.05, 0.1) is 0 Å². The first-order valence-corrected chi connectivity index (χ1v) is 7.57. The standard InChI is InChI=1S/C19H23N/c1-14-7-3-4-8-15(14)12-18(20-2)13-17-11-16-9-5-6-10-19(16)17/h3-10,17-18,20H,11-13H2,1-2H3. The molecule has 104 valence electrons. The minimum absolute atomic E-state index is 0.564. The largest absolute Gasteiger partial charge is 0.317 e. The van der Waals surface area contributed by atoms with E-state index in [0.29, 0.717) is 6.04 Å². The van der Waals surface area contributed by atoms with E-state index in [1.165, 1.54) is 24.0 Å². The smallest absolute Gasteiger partial charge is 0.0110 e. The van der Waals surface area contributed by atoms with Crippen molar-refractivity contribution >= 4 is 0 Å². The van der Waals surface area contributed by atoms with Gasteiger partial charge in [-0.05, 0) is 61.4 Å². The number of benzene rings is 2. The molecule has 1 nitrogen and oxygen atoms in total. The van der Waals surface area contributed by atoms with Gasteiger partial charge in [-0.25, -0.2) is 0 Å². The number of fused-ring (bicyclic) bond motifs is 1. The molecule has 0 spiro atoms. The van der Waals surface area contributed by atoms with Gasteiger partial charge in [0.25, 0.3) is 0 Å². The molecular weight excluding hydrogens is 242 g/mol. The molecule has 2 atom stereocenters. The van der Waals surface area contributed by atoms with Crippen molar-refractivity contribution in [1.29, 1.82) is 0 Å². The van der Waals surface area contributed by atoms with Crippen LogP contribution in [-0.2, 0) is 12.8 Å². The van der Waals surface area contributed by atoms with E-state index in [-0.39, 0.29) is 0 Å². The van der Waals surface area contributed by atoms with Gasteiger partial charge in [-0.2, -0.15) is 0 Å². The maximum absolute atomic E-state index is 3.51. The van der Waals surface area contributed by atoms with Crippen molar-refractivity contribution in [1.82, 2.24) is 5.32 Å². The van der Waals surface area contributed by atoms with Crippen molar-refractivity contribution < 1.29 is 0 Å². The molecule has 0 amide bonds. The third-order valence-corrected chi connectivity index (χ3v) is 4.67. The van der Waals surface area contributed by atoms with Crippen LogP contribution in [-0.4, -0.2) is 13.1 Å². The van der Waals surface area contributed by atoms with Crippen molar-refractivity contribution in [3.8, 4) is 0 Å². The number of aryl methyl sites for hydroxylation is 1. The van der Waals surface area contributed by atoms with E-state index in [2.05, 4.69) is 67.8 Å². The second kappa shape index (κ2) is 5.80. The molecule has 0 saturated heterocycles. The van der Waals surface area contributed by atoms with Gasteiger partial charge in [-0.3, -0.25) is 0 Å². The van der Waals surface area contributed by atoms with Crippen molar-refractivity contribution in [2.75, 3.05) is 7.05 Å². The molecule has 2 unspecified atom stereocenters. The zero-order valence-electron chi connectivity index (χ0n) is 12.4.